The van der Waals surface area contributed by atoms with Gasteiger partial charge < -0.3 is 30.2 Å². The van der Waals surface area contributed by atoms with Crippen molar-refractivity contribution in [1.82, 2.24) is 10.3 Å². The monoisotopic (exact) mass is 426 g/mol. The molecule has 0 spiro atoms. The normalized spacial score (nSPS) is 11.1. The zero-order chi connectivity index (χ0) is 22.4. The highest BCUT2D eigenvalue weighted by molar-refractivity contribution is 5.93. The van der Waals surface area contributed by atoms with E-state index in [-0.39, 0.29) is 17.2 Å². The largest absolute Gasteiger partial charge is 0.508 e. The summed E-state index contributed by atoms with van der Waals surface area (Å²) in [7, 11) is 0. The fraction of sp³-hybridized carbons (Fsp3) is 0.304. The van der Waals surface area contributed by atoms with Crippen molar-refractivity contribution >= 4 is 5.91 Å². The minimum absolute atomic E-state index is 0.0129. The summed E-state index contributed by atoms with van der Waals surface area (Å²) in [6, 6.07) is 9.94. The lowest BCUT2D eigenvalue weighted by Gasteiger charge is -2.18. The van der Waals surface area contributed by atoms with Crippen molar-refractivity contribution in [1.29, 1.82) is 0 Å². The highest BCUT2D eigenvalue weighted by Gasteiger charge is 2.22. The third-order valence-electron chi connectivity index (χ3n) is 5.15. The van der Waals surface area contributed by atoms with E-state index in [2.05, 4.69) is 10.3 Å². The Bertz CT molecular complexity index is 1030. The number of aromatic hydroxyl groups is 2. The van der Waals surface area contributed by atoms with Crippen LogP contribution in [0.3, 0.4) is 0 Å². The van der Waals surface area contributed by atoms with Gasteiger partial charge in [0.15, 0.2) is 12.1 Å². The van der Waals surface area contributed by atoms with Gasteiger partial charge in [0.1, 0.15) is 17.3 Å². The Morgan fingerprint density at radius 3 is 2.42 bits per heavy atom. The number of rotatable bonds is 9. The Morgan fingerprint density at radius 1 is 1.06 bits per heavy atom. The molecule has 0 aliphatic carbocycles. The Morgan fingerprint density at radius 2 is 1.77 bits per heavy atom. The van der Waals surface area contributed by atoms with Crippen LogP contribution in [-0.2, 0) is 19.3 Å². The molecule has 0 fully saturated rings. The number of amides is 1. The second-order valence-electron chi connectivity index (χ2n) is 7.13. The predicted octanol–water partition coefficient (Wildman–Crippen LogP) is 2.18. The first-order valence-electron chi connectivity index (χ1n) is 10.1. The molecule has 0 aliphatic rings. The maximum atomic E-state index is 12.5. The summed E-state index contributed by atoms with van der Waals surface area (Å²) in [6.45, 7) is 1.11. The molecule has 3 rings (SSSR count). The Hall–Kier alpha value is -3.36. The molecule has 31 heavy (non-hydrogen) atoms. The average molecular weight is 426 g/mol. The van der Waals surface area contributed by atoms with Gasteiger partial charge in [-0.25, -0.2) is 4.98 Å². The molecule has 8 heteroatoms. The molecule has 0 saturated carbocycles. The number of hydrogen-bond acceptors (Lipinski definition) is 7. The number of aliphatic hydroxyl groups excluding tert-OH is 2. The molecule has 164 valence electrons. The van der Waals surface area contributed by atoms with Crippen LogP contribution in [0.5, 0.6) is 11.5 Å². The molecule has 8 nitrogen and oxygen atoms in total. The third kappa shape index (κ3) is 4.87. The summed E-state index contributed by atoms with van der Waals surface area (Å²) in [5, 5.41) is 41.8. The summed E-state index contributed by atoms with van der Waals surface area (Å²) in [4.78, 5) is 16.4. The first kappa shape index (κ1) is 22.3. The number of carbonyl (C=O) groups excluding carboxylic acids is 1. The van der Waals surface area contributed by atoms with Crippen molar-refractivity contribution in [2.24, 2.45) is 0 Å². The average Bonchev–Trinajstić information content (AvgIpc) is 3.25. The minimum atomic E-state index is -0.795. The van der Waals surface area contributed by atoms with E-state index in [1.807, 2.05) is 37.3 Å². The van der Waals surface area contributed by atoms with Gasteiger partial charge in [0.05, 0.1) is 19.3 Å². The third-order valence-corrected chi connectivity index (χ3v) is 5.15. The van der Waals surface area contributed by atoms with Crippen LogP contribution in [0.1, 0.15) is 34.3 Å². The van der Waals surface area contributed by atoms with Gasteiger partial charge in [-0.2, -0.15) is 0 Å². The summed E-state index contributed by atoms with van der Waals surface area (Å²) in [5.74, 6) is -0.246. The number of oxazole rings is 1. The fourth-order valence-corrected chi connectivity index (χ4v) is 3.62. The number of benzene rings is 2. The van der Waals surface area contributed by atoms with E-state index >= 15 is 0 Å². The van der Waals surface area contributed by atoms with Gasteiger partial charge in [0.25, 0.3) is 5.91 Å². The zero-order valence-electron chi connectivity index (χ0n) is 17.2. The number of aromatic nitrogens is 1. The van der Waals surface area contributed by atoms with Crippen LogP contribution in [0.25, 0.3) is 11.1 Å². The van der Waals surface area contributed by atoms with E-state index in [0.717, 1.165) is 17.5 Å². The molecule has 0 aliphatic heterocycles. The Labute approximate surface area is 179 Å². The Balaban J connectivity index is 1.93. The lowest BCUT2D eigenvalue weighted by atomic mass is 9.89. The van der Waals surface area contributed by atoms with Crippen LogP contribution >= 0.6 is 0 Å². The molecule has 0 atom stereocenters. The van der Waals surface area contributed by atoms with Gasteiger partial charge >= 0.3 is 0 Å². The van der Waals surface area contributed by atoms with Crippen LogP contribution in [0.15, 0.2) is 47.2 Å². The van der Waals surface area contributed by atoms with E-state index in [0.29, 0.717) is 36.1 Å². The van der Waals surface area contributed by atoms with Crippen molar-refractivity contribution in [2.45, 2.75) is 32.2 Å². The van der Waals surface area contributed by atoms with Crippen molar-refractivity contribution in [3.8, 4) is 22.6 Å². The number of nitrogens with one attached hydrogen (secondary N) is 1. The molecule has 2 aromatic carbocycles. The number of aliphatic hydroxyl groups is 2. The fourth-order valence-electron chi connectivity index (χ4n) is 3.62. The molecule has 0 radical (unpaired) electrons. The first-order valence-corrected chi connectivity index (χ1v) is 10.1. The molecule has 5 N–H and O–H groups in total. The zero-order valence-corrected chi connectivity index (χ0v) is 17.2. The first-order chi connectivity index (χ1) is 15.0. The minimum Gasteiger partial charge on any atom is -0.508 e. The van der Waals surface area contributed by atoms with Gasteiger partial charge in [0.2, 0.25) is 0 Å². The van der Waals surface area contributed by atoms with Crippen LogP contribution in [0.4, 0.5) is 0 Å². The van der Waals surface area contributed by atoms with Crippen molar-refractivity contribution < 1.29 is 29.6 Å². The summed E-state index contributed by atoms with van der Waals surface area (Å²) < 4.78 is 5.41. The molecule has 0 saturated heterocycles. The molecule has 1 amide bonds. The smallest absolute Gasteiger partial charge is 0.273 e. The van der Waals surface area contributed by atoms with Crippen molar-refractivity contribution in [2.75, 3.05) is 13.2 Å². The van der Waals surface area contributed by atoms with Gasteiger partial charge in [-0.15, -0.1) is 0 Å². The van der Waals surface area contributed by atoms with Gasteiger partial charge in [-0.3, -0.25) is 4.79 Å². The molecular weight excluding hydrogens is 400 g/mol. The van der Waals surface area contributed by atoms with Gasteiger partial charge in [-0.1, -0.05) is 37.3 Å². The number of phenols is 2. The summed E-state index contributed by atoms with van der Waals surface area (Å²) >= 11 is 0. The number of aryl methyl sites for hydroxylation is 1. The van der Waals surface area contributed by atoms with Crippen molar-refractivity contribution in [3.05, 3.63) is 65.4 Å². The number of carbonyl (C=O) groups is 1. The molecular formula is C23H26N2O6. The quantitative estimate of drug-likeness (QED) is 0.354. The number of hydrogen-bond donors (Lipinski definition) is 5. The van der Waals surface area contributed by atoms with Crippen LogP contribution < -0.4 is 5.32 Å². The molecule has 0 bridgehead atoms. The SMILES string of the molecule is CCc1c(O)cc(O)c(-c2ccccc2)c1CCc1ocnc1C(=O)NC(CO)CO. The topological polar surface area (TPSA) is 136 Å². The maximum absolute atomic E-state index is 12.5. The van der Waals surface area contributed by atoms with Gasteiger partial charge in [-0.05, 0) is 29.5 Å². The van der Waals surface area contributed by atoms with E-state index in [1.54, 1.807) is 0 Å². The van der Waals surface area contributed by atoms with E-state index in [1.165, 1.54) is 6.07 Å². The van der Waals surface area contributed by atoms with Gasteiger partial charge in [0, 0.05) is 18.1 Å². The highest BCUT2D eigenvalue weighted by atomic mass is 16.3. The Kier molecular flexibility index (Phi) is 7.28. The lowest BCUT2D eigenvalue weighted by Crippen LogP contribution is -2.40. The highest BCUT2D eigenvalue weighted by Crippen LogP contribution is 2.40. The molecule has 3 aromatic rings. The predicted molar refractivity (Wildman–Crippen MR) is 114 cm³/mol. The maximum Gasteiger partial charge on any atom is 0.273 e. The number of nitrogens with zero attached hydrogens (tertiary/aromatic N) is 1. The van der Waals surface area contributed by atoms with E-state index < -0.39 is 25.2 Å². The second kappa shape index (κ2) is 10.1. The van der Waals surface area contributed by atoms with Crippen LogP contribution in [-0.4, -0.2) is 50.6 Å². The van der Waals surface area contributed by atoms with E-state index in [4.69, 9.17) is 4.42 Å². The molecule has 1 heterocycles. The standard InChI is InChI=1S/C23H26N2O6/c1-2-16-17(21(19(29)10-18(16)28)14-6-4-3-5-7-14)8-9-20-22(24-13-31-20)23(30)25-15(11-26)12-27/h3-7,10,13,15,26-29H,2,8-9,11-12H2,1H3,(H,25,30). The summed E-state index contributed by atoms with van der Waals surface area (Å²) in [6.07, 6.45) is 2.39. The van der Waals surface area contributed by atoms with Crippen LogP contribution in [0, 0.1) is 0 Å². The van der Waals surface area contributed by atoms with Crippen molar-refractivity contribution in [3.63, 3.8) is 0 Å². The second-order valence-corrected chi connectivity index (χ2v) is 7.13. The lowest BCUT2D eigenvalue weighted by molar-refractivity contribution is 0.0873. The summed E-state index contributed by atoms with van der Waals surface area (Å²) in [5.41, 5.74) is 2.98. The molecule has 1 aromatic heterocycles. The van der Waals surface area contributed by atoms with E-state index in [9.17, 15) is 25.2 Å². The van der Waals surface area contributed by atoms with Crippen LogP contribution in [0.2, 0.25) is 0 Å². The number of phenolic OH excluding ortho intramolecular Hbond substituents is 2. The molecule has 0 unspecified atom stereocenters.